The summed E-state index contributed by atoms with van der Waals surface area (Å²) in [6.45, 7) is 9.61. The molecule has 0 fully saturated rings. The Kier molecular flexibility index (Phi) is 6.16. The first-order chi connectivity index (χ1) is 7.77. The van der Waals surface area contributed by atoms with E-state index in [1.165, 1.54) is 36.9 Å². The molecule has 0 unspecified atom stereocenters. The minimum Gasteiger partial charge on any atom is -0.313 e. The molecule has 1 N–H and O–H groups in total. The molecule has 3 heteroatoms. The number of hydrogen-bond donors (Lipinski definition) is 1. The lowest BCUT2D eigenvalue weighted by molar-refractivity contribution is 0.550. The van der Waals surface area contributed by atoms with Gasteiger partial charge in [0.25, 0.3) is 0 Å². The van der Waals surface area contributed by atoms with Crippen LogP contribution in [0.4, 0.5) is 0 Å². The fourth-order valence-corrected chi connectivity index (χ4v) is 1.77. The first kappa shape index (κ1) is 13.2. The molecule has 1 rings (SSSR count). The molecule has 1 aromatic rings. The Morgan fingerprint density at radius 2 is 2.06 bits per heavy atom. The number of aryl methyl sites for hydroxylation is 2. The molecule has 0 spiro atoms. The molecule has 0 saturated heterocycles. The van der Waals surface area contributed by atoms with Crippen molar-refractivity contribution in [3.05, 3.63) is 17.5 Å². The monoisotopic (exact) mass is 223 g/mol. The van der Waals surface area contributed by atoms with E-state index < -0.39 is 0 Å². The number of hydrogen-bond acceptors (Lipinski definition) is 2. The van der Waals surface area contributed by atoms with E-state index in [1.54, 1.807) is 0 Å². The second kappa shape index (κ2) is 7.44. The first-order valence-electron chi connectivity index (χ1n) is 6.51. The molecule has 0 aromatic carbocycles. The number of nitrogens with one attached hydrogen (secondary N) is 1. The van der Waals surface area contributed by atoms with Crippen LogP contribution in [0.3, 0.4) is 0 Å². The Morgan fingerprint density at radius 3 is 2.75 bits per heavy atom. The van der Waals surface area contributed by atoms with Crippen LogP contribution >= 0.6 is 0 Å². The quantitative estimate of drug-likeness (QED) is 0.687. The maximum atomic E-state index is 4.54. The van der Waals surface area contributed by atoms with Gasteiger partial charge in [-0.05, 0) is 26.3 Å². The van der Waals surface area contributed by atoms with Crippen molar-refractivity contribution in [3.8, 4) is 0 Å². The van der Waals surface area contributed by atoms with Crippen molar-refractivity contribution in [2.45, 2.75) is 59.5 Å². The molecular formula is C13H25N3. The molecule has 16 heavy (non-hydrogen) atoms. The number of aromatic nitrogens is 2. The molecule has 0 radical (unpaired) electrons. The van der Waals surface area contributed by atoms with Gasteiger partial charge in [0, 0.05) is 24.8 Å². The highest BCUT2D eigenvalue weighted by Crippen LogP contribution is 2.07. The Balaban J connectivity index is 2.39. The minimum atomic E-state index is 0.952. The molecule has 0 aliphatic carbocycles. The van der Waals surface area contributed by atoms with Crippen molar-refractivity contribution in [2.24, 2.45) is 0 Å². The summed E-state index contributed by atoms with van der Waals surface area (Å²) in [5.41, 5.74) is 2.50. The number of unbranched alkanes of at least 4 members (excludes halogenated alkanes) is 2. The molecule has 0 saturated carbocycles. The Hall–Kier alpha value is -0.830. The average molecular weight is 223 g/mol. The van der Waals surface area contributed by atoms with Crippen molar-refractivity contribution in [2.75, 3.05) is 6.54 Å². The average Bonchev–Trinajstić information content (AvgIpc) is 2.61. The zero-order chi connectivity index (χ0) is 11.8. The minimum absolute atomic E-state index is 0.952. The molecular weight excluding hydrogens is 198 g/mol. The first-order valence-corrected chi connectivity index (χ1v) is 6.51. The fraction of sp³-hybridized carbons (Fsp3) is 0.769. The van der Waals surface area contributed by atoms with E-state index in [9.17, 15) is 0 Å². The molecule has 1 aromatic heterocycles. The summed E-state index contributed by atoms with van der Waals surface area (Å²) < 4.78 is 2.09. The lowest BCUT2D eigenvalue weighted by Gasteiger charge is -2.00. The molecule has 0 aliphatic heterocycles. The van der Waals surface area contributed by atoms with Crippen LogP contribution in [0.15, 0.2) is 6.20 Å². The summed E-state index contributed by atoms with van der Waals surface area (Å²) in [5, 5.41) is 7.96. The van der Waals surface area contributed by atoms with Crippen LogP contribution in [-0.4, -0.2) is 16.3 Å². The Morgan fingerprint density at radius 1 is 1.25 bits per heavy atom. The van der Waals surface area contributed by atoms with Crippen LogP contribution in [0.5, 0.6) is 0 Å². The molecule has 92 valence electrons. The van der Waals surface area contributed by atoms with E-state index >= 15 is 0 Å². The van der Waals surface area contributed by atoms with Crippen LogP contribution in [0.2, 0.25) is 0 Å². The summed E-state index contributed by atoms with van der Waals surface area (Å²) in [7, 11) is 0. The highest BCUT2D eigenvalue weighted by atomic mass is 15.3. The summed E-state index contributed by atoms with van der Waals surface area (Å²) in [4.78, 5) is 0. The van der Waals surface area contributed by atoms with Gasteiger partial charge in [-0.1, -0.05) is 26.7 Å². The van der Waals surface area contributed by atoms with Crippen LogP contribution in [0.1, 0.15) is 50.8 Å². The van der Waals surface area contributed by atoms with Gasteiger partial charge in [-0.25, -0.2) is 0 Å². The van der Waals surface area contributed by atoms with Gasteiger partial charge in [-0.3, -0.25) is 4.68 Å². The smallest absolute Gasteiger partial charge is 0.0638 e. The third kappa shape index (κ3) is 4.35. The van der Waals surface area contributed by atoms with Gasteiger partial charge in [-0.2, -0.15) is 5.10 Å². The van der Waals surface area contributed by atoms with E-state index in [4.69, 9.17) is 0 Å². The summed E-state index contributed by atoms with van der Waals surface area (Å²) in [6.07, 6.45) is 7.17. The van der Waals surface area contributed by atoms with Gasteiger partial charge in [0.15, 0.2) is 0 Å². The van der Waals surface area contributed by atoms with Crippen LogP contribution in [0.25, 0.3) is 0 Å². The molecule has 0 atom stereocenters. The second-order valence-corrected chi connectivity index (χ2v) is 4.39. The van der Waals surface area contributed by atoms with Crippen molar-refractivity contribution in [1.82, 2.24) is 15.1 Å². The van der Waals surface area contributed by atoms with Crippen molar-refractivity contribution in [3.63, 3.8) is 0 Å². The summed E-state index contributed by atoms with van der Waals surface area (Å²) in [5.74, 6) is 0. The number of nitrogens with zero attached hydrogens (tertiary/aromatic N) is 2. The predicted molar refractivity (Wildman–Crippen MR) is 68.5 cm³/mol. The van der Waals surface area contributed by atoms with E-state index in [0.717, 1.165) is 19.6 Å². The summed E-state index contributed by atoms with van der Waals surface area (Å²) in [6, 6.07) is 0. The molecule has 0 bridgehead atoms. The maximum absolute atomic E-state index is 4.54. The van der Waals surface area contributed by atoms with Crippen LogP contribution in [0, 0.1) is 6.92 Å². The Bertz CT molecular complexity index is 291. The standard InChI is InChI=1S/C13H25N3/c1-4-6-7-9-16-11-13(12(3)15-16)10-14-8-5-2/h11,14H,4-10H2,1-3H3. The molecule has 1 heterocycles. The van der Waals surface area contributed by atoms with Gasteiger partial charge < -0.3 is 5.32 Å². The van der Waals surface area contributed by atoms with Gasteiger partial charge in [0.05, 0.1) is 5.69 Å². The molecule has 0 aliphatic rings. The van der Waals surface area contributed by atoms with Gasteiger partial charge >= 0.3 is 0 Å². The SMILES string of the molecule is CCCCCn1cc(CNCCC)c(C)n1. The topological polar surface area (TPSA) is 29.9 Å². The summed E-state index contributed by atoms with van der Waals surface area (Å²) >= 11 is 0. The molecule has 3 nitrogen and oxygen atoms in total. The lowest BCUT2D eigenvalue weighted by Crippen LogP contribution is -2.13. The van der Waals surface area contributed by atoms with Gasteiger partial charge in [-0.15, -0.1) is 0 Å². The zero-order valence-electron chi connectivity index (χ0n) is 10.9. The number of rotatable bonds is 8. The van der Waals surface area contributed by atoms with Crippen molar-refractivity contribution >= 4 is 0 Å². The van der Waals surface area contributed by atoms with E-state index in [0.29, 0.717) is 0 Å². The Labute approximate surface area is 99.2 Å². The van der Waals surface area contributed by atoms with Gasteiger partial charge in [0.1, 0.15) is 0 Å². The van der Waals surface area contributed by atoms with Crippen molar-refractivity contribution < 1.29 is 0 Å². The van der Waals surface area contributed by atoms with Gasteiger partial charge in [0.2, 0.25) is 0 Å². The predicted octanol–water partition coefficient (Wildman–Crippen LogP) is 2.88. The zero-order valence-corrected chi connectivity index (χ0v) is 10.9. The molecule has 0 amide bonds. The maximum Gasteiger partial charge on any atom is 0.0638 e. The van der Waals surface area contributed by atoms with E-state index in [1.807, 2.05) is 0 Å². The van der Waals surface area contributed by atoms with E-state index in [-0.39, 0.29) is 0 Å². The largest absolute Gasteiger partial charge is 0.313 e. The third-order valence-corrected chi connectivity index (χ3v) is 2.78. The highest BCUT2D eigenvalue weighted by Gasteiger charge is 2.03. The van der Waals surface area contributed by atoms with Crippen molar-refractivity contribution in [1.29, 1.82) is 0 Å². The lowest BCUT2D eigenvalue weighted by atomic mass is 10.2. The fourth-order valence-electron chi connectivity index (χ4n) is 1.77. The second-order valence-electron chi connectivity index (χ2n) is 4.39. The normalized spacial score (nSPS) is 10.9. The van der Waals surface area contributed by atoms with E-state index in [2.05, 4.69) is 42.1 Å². The third-order valence-electron chi connectivity index (χ3n) is 2.78. The van der Waals surface area contributed by atoms with Crippen LogP contribution in [-0.2, 0) is 13.1 Å². The highest BCUT2D eigenvalue weighted by molar-refractivity contribution is 5.14. The van der Waals surface area contributed by atoms with Crippen LogP contribution < -0.4 is 5.32 Å².